The molecule has 0 spiro atoms. The first-order valence-corrected chi connectivity index (χ1v) is 7.20. The minimum Gasteiger partial charge on any atom is -0.394 e. The van der Waals surface area contributed by atoms with Crippen LogP contribution in [0.15, 0.2) is 12.5 Å². The number of aromatic nitrogens is 3. The fraction of sp³-hybridized carbons (Fsp3) is 0.455. The van der Waals surface area contributed by atoms with Crippen molar-refractivity contribution in [1.29, 1.82) is 0 Å². The van der Waals surface area contributed by atoms with Crippen LogP contribution in [-0.2, 0) is 4.74 Å². The number of hydrogen-bond acceptors (Lipinski definition) is 8. The van der Waals surface area contributed by atoms with E-state index in [0.29, 0.717) is 11.0 Å². The number of fused-ring (bicyclic) bond motifs is 1. The molecule has 3 heterocycles. The predicted octanol–water partition coefficient (Wildman–Crippen LogP) is -0.552. The maximum Gasteiger partial charge on any atom is 0.164 e. The molecule has 0 radical (unpaired) electrons. The minimum atomic E-state index is -1.20. The SMILES string of the molecule is OC[C@H]1O[C@@H](n2cc(I)c3c(NO)ncnc32)[C@H](O)[C@@H]1O. The number of nitrogens with one attached hydrogen (secondary N) is 1. The topological polar surface area (TPSA) is 133 Å². The molecule has 1 fully saturated rings. The molecule has 0 amide bonds. The van der Waals surface area contributed by atoms with Gasteiger partial charge >= 0.3 is 0 Å². The third-order valence-corrected chi connectivity index (χ3v) is 4.28. The lowest BCUT2D eigenvalue weighted by Crippen LogP contribution is -2.33. The van der Waals surface area contributed by atoms with Crippen molar-refractivity contribution in [3.63, 3.8) is 0 Å². The van der Waals surface area contributed by atoms with Gasteiger partial charge in [-0.25, -0.2) is 9.97 Å². The quantitative estimate of drug-likeness (QED) is 0.338. The van der Waals surface area contributed by atoms with Crippen LogP contribution in [0.4, 0.5) is 5.82 Å². The van der Waals surface area contributed by atoms with E-state index in [0.717, 1.165) is 3.57 Å². The molecule has 1 aliphatic rings. The Labute approximate surface area is 132 Å². The van der Waals surface area contributed by atoms with Crippen molar-refractivity contribution in [2.75, 3.05) is 12.1 Å². The van der Waals surface area contributed by atoms with Crippen molar-refractivity contribution in [2.24, 2.45) is 0 Å². The molecule has 0 aromatic carbocycles. The van der Waals surface area contributed by atoms with E-state index in [2.05, 4.69) is 9.97 Å². The number of hydrogen-bond donors (Lipinski definition) is 5. The van der Waals surface area contributed by atoms with Gasteiger partial charge < -0.3 is 24.6 Å². The molecule has 1 aliphatic heterocycles. The van der Waals surface area contributed by atoms with Crippen LogP contribution in [0, 0.1) is 3.57 Å². The highest BCUT2D eigenvalue weighted by Gasteiger charge is 2.44. The van der Waals surface area contributed by atoms with E-state index in [9.17, 15) is 10.2 Å². The van der Waals surface area contributed by atoms with Gasteiger partial charge in [-0.15, -0.1) is 0 Å². The predicted molar refractivity (Wildman–Crippen MR) is 78.7 cm³/mol. The Kier molecular flexibility index (Phi) is 3.98. The van der Waals surface area contributed by atoms with E-state index in [1.54, 1.807) is 10.8 Å². The normalized spacial score (nSPS) is 29.2. The van der Waals surface area contributed by atoms with Gasteiger partial charge in [-0.2, -0.15) is 0 Å². The van der Waals surface area contributed by atoms with Crippen molar-refractivity contribution in [1.82, 2.24) is 14.5 Å². The van der Waals surface area contributed by atoms with Gasteiger partial charge in [-0.05, 0) is 22.6 Å². The number of anilines is 1. The van der Waals surface area contributed by atoms with Gasteiger partial charge in [-0.3, -0.25) is 10.7 Å². The number of nitrogens with zero attached hydrogens (tertiary/aromatic N) is 3. The highest BCUT2D eigenvalue weighted by Crippen LogP contribution is 2.35. The lowest BCUT2D eigenvalue weighted by atomic mass is 10.1. The Morgan fingerprint density at radius 2 is 2.10 bits per heavy atom. The summed E-state index contributed by atoms with van der Waals surface area (Å²) in [6.07, 6.45) is -1.21. The highest BCUT2D eigenvalue weighted by atomic mass is 127. The number of aliphatic hydroxyl groups is 3. The summed E-state index contributed by atoms with van der Waals surface area (Å²) in [4.78, 5) is 8.03. The highest BCUT2D eigenvalue weighted by molar-refractivity contribution is 14.1. The lowest BCUT2D eigenvalue weighted by molar-refractivity contribution is -0.0509. The van der Waals surface area contributed by atoms with Crippen molar-refractivity contribution in [3.05, 3.63) is 16.1 Å². The Balaban J connectivity index is 2.10. The molecular weight excluding hydrogens is 395 g/mol. The van der Waals surface area contributed by atoms with Gasteiger partial charge in [0.1, 0.15) is 30.3 Å². The summed E-state index contributed by atoms with van der Waals surface area (Å²) >= 11 is 2.04. The van der Waals surface area contributed by atoms with Gasteiger partial charge in [0.2, 0.25) is 0 Å². The number of aliphatic hydroxyl groups excluding tert-OH is 3. The maximum atomic E-state index is 10.1. The molecule has 2 aromatic heterocycles. The van der Waals surface area contributed by atoms with Crippen molar-refractivity contribution < 1.29 is 25.3 Å². The van der Waals surface area contributed by atoms with Crippen molar-refractivity contribution in [3.8, 4) is 0 Å². The van der Waals surface area contributed by atoms with Crippen LogP contribution in [-0.4, -0.2) is 60.0 Å². The summed E-state index contributed by atoms with van der Waals surface area (Å²) in [7, 11) is 0. The Bertz CT molecular complexity index is 665. The van der Waals surface area contributed by atoms with Crippen LogP contribution in [0.3, 0.4) is 0 Å². The average molecular weight is 408 g/mol. The summed E-state index contributed by atoms with van der Waals surface area (Å²) in [6, 6.07) is 0. The summed E-state index contributed by atoms with van der Waals surface area (Å²) in [5.41, 5.74) is 2.42. The van der Waals surface area contributed by atoms with Crippen LogP contribution in [0.5, 0.6) is 0 Å². The Hall–Kier alpha value is -1.05. The zero-order valence-electron chi connectivity index (χ0n) is 10.6. The monoisotopic (exact) mass is 408 g/mol. The molecule has 1 saturated heterocycles. The van der Waals surface area contributed by atoms with E-state index in [1.807, 2.05) is 28.1 Å². The number of ether oxygens (including phenoxy) is 1. The van der Waals surface area contributed by atoms with Gasteiger partial charge in [0, 0.05) is 9.77 Å². The zero-order chi connectivity index (χ0) is 15.1. The fourth-order valence-corrected chi connectivity index (χ4v) is 3.23. The summed E-state index contributed by atoms with van der Waals surface area (Å²) in [6.45, 7) is -0.399. The molecule has 5 N–H and O–H groups in total. The van der Waals surface area contributed by atoms with Crippen LogP contribution < -0.4 is 5.48 Å². The molecule has 0 unspecified atom stereocenters. The van der Waals surface area contributed by atoms with E-state index in [1.165, 1.54) is 6.33 Å². The zero-order valence-corrected chi connectivity index (χ0v) is 12.7. The van der Waals surface area contributed by atoms with E-state index in [4.69, 9.17) is 15.1 Å². The minimum absolute atomic E-state index is 0.231. The first-order chi connectivity index (χ1) is 10.1. The fourth-order valence-electron chi connectivity index (χ4n) is 2.43. The molecule has 0 aliphatic carbocycles. The van der Waals surface area contributed by atoms with Crippen molar-refractivity contribution in [2.45, 2.75) is 24.5 Å². The summed E-state index contributed by atoms with van der Waals surface area (Å²) in [5, 5.41) is 38.7. The molecule has 0 saturated carbocycles. The maximum absolute atomic E-state index is 10.1. The second kappa shape index (κ2) is 5.62. The van der Waals surface area contributed by atoms with Gasteiger partial charge in [-0.1, -0.05) is 0 Å². The van der Waals surface area contributed by atoms with Crippen LogP contribution in [0.25, 0.3) is 11.0 Å². The molecule has 0 bridgehead atoms. The van der Waals surface area contributed by atoms with Gasteiger partial charge in [0.25, 0.3) is 0 Å². The van der Waals surface area contributed by atoms with E-state index >= 15 is 0 Å². The first-order valence-electron chi connectivity index (χ1n) is 6.12. The summed E-state index contributed by atoms with van der Waals surface area (Å²) < 4.78 is 7.76. The molecular formula is C11H13IN4O5. The molecule has 114 valence electrons. The second-order valence-corrected chi connectivity index (χ2v) is 5.81. The van der Waals surface area contributed by atoms with Crippen LogP contribution >= 0.6 is 22.6 Å². The smallest absolute Gasteiger partial charge is 0.164 e. The van der Waals surface area contributed by atoms with Crippen LogP contribution in [0.2, 0.25) is 0 Å². The number of halogens is 1. The lowest BCUT2D eigenvalue weighted by Gasteiger charge is -2.17. The third kappa shape index (κ3) is 2.27. The summed E-state index contributed by atoms with van der Waals surface area (Å²) in [5.74, 6) is 0.231. The molecule has 10 heteroatoms. The molecule has 9 nitrogen and oxygen atoms in total. The largest absolute Gasteiger partial charge is 0.394 e. The first kappa shape index (κ1) is 14.9. The number of rotatable bonds is 3. The third-order valence-electron chi connectivity index (χ3n) is 3.46. The Morgan fingerprint density at radius 1 is 1.33 bits per heavy atom. The molecule has 3 rings (SSSR count). The Morgan fingerprint density at radius 3 is 2.71 bits per heavy atom. The van der Waals surface area contributed by atoms with Crippen LogP contribution in [0.1, 0.15) is 6.23 Å². The van der Waals surface area contributed by atoms with Crippen molar-refractivity contribution >= 4 is 39.4 Å². The van der Waals surface area contributed by atoms with E-state index < -0.39 is 31.1 Å². The standard InChI is InChI=1S/C11H13IN4O5/c12-4-1-16(10-6(4)9(15-20)13-3-14-10)11-8(19)7(18)5(2-17)21-11/h1,3,5,7-8,11,17-20H,2H2,(H,13,14,15)/t5-,7-,8-,11-/m1/s1. The molecule has 2 aromatic rings. The second-order valence-electron chi connectivity index (χ2n) is 4.65. The van der Waals surface area contributed by atoms with Gasteiger partial charge in [0.05, 0.1) is 12.0 Å². The van der Waals surface area contributed by atoms with E-state index in [-0.39, 0.29) is 5.82 Å². The van der Waals surface area contributed by atoms with Gasteiger partial charge in [0.15, 0.2) is 12.0 Å². The average Bonchev–Trinajstić information content (AvgIpc) is 2.98. The molecule has 21 heavy (non-hydrogen) atoms. The molecule has 4 atom stereocenters.